The van der Waals surface area contributed by atoms with E-state index in [1.54, 1.807) is 25.3 Å². The van der Waals surface area contributed by atoms with Crippen LogP contribution in [0.15, 0.2) is 47.3 Å². The number of aromatic amines is 1. The van der Waals surface area contributed by atoms with Crippen molar-refractivity contribution in [2.45, 2.75) is 6.92 Å². The normalized spacial score (nSPS) is 10.8. The molecule has 2 aromatic carbocycles. The summed E-state index contributed by atoms with van der Waals surface area (Å²) in [5, 5.41) is 1.38. The third kappa shape index (κ3) is 2.29. The standard InChI is InChI=1S/C17H14FNO2/c1-10-16(11-3-5-12(18)6-4-11)14-8-7-13(21-2)9-15(14)17(20)19-10/h3-9H,1-2H3,(H,19,20). The number of fused-ring (bicyclic) bond motifs is 1. The van der Waals surface area contributed by atoms with Gasteiger partial charge in [-0.1, -0.05) is 12.1 Å². The van der Waals surface area contributed by atoms with Crippen molar-refractivity contribution in [3.8, 4) is 16.9 Å². The molecule has 0 aliphatic carbocycles. The highest BCUT2D eigenvalue weighted by atomic mass is 19.1. The van der Waals surface area contributed by atoms with Gasteiger partial charge in [-0.05, 0) is 48.2 Å². The molecule has 0 radical (unpaired) electrons. The Bertz CT molecular complexity index is 866. The van der Waals surface area contributed by atoms with Gasteiger partial charge in [0.2, 0.25) is 0 Å². The van der Waals surface area contributed by atoms with E-state index in [1.807, 2.05) is 19.1 Å². The molecule has 1 aromatic heterocycles. The van der Waals surface area contributed by atoms with Crippen LogP contribution in [-0.4, -0.2) is 12.1 Å². The van der Waals surface area contributed by atoms with Crippen LogP contribution >= 0.6 is 0 Å². The third-order valence-electron chi connectivity index (χ3n) is 3.55. The zero-order valence-electron chi connectivity index (χ0n) is 11.7. The van der Waals surface area contributed by atoms with Gasteiger partial charge >= 0.3 is 0 Å². The first-order valence-corrected chi connectivity index (χ1v) is 6.56. The Morgan fingerprint density at radius 3 is 2.43 bits per heavy atom. The van der Waals surface area contributed by atoms with Crippen molar-refractivity contribution in [1.82, 2.24) is 4.98 Å². The fourth-order valence-electron chi connectivity index (χ4n) is 2.55. The lowest BCUT2D eigenvalue weighted by Gasteiger charge is -2.11. The lowest BCUT2D eigenvalue weighted by molar-refractivity contribution is 0.415. The third-order valence-corrected chi connectivity index (χ3v) is 3.55. The molecule has 3 rings (SSSR count). The largest absolute Gasteiger partial charge is 0.497 e. The predicted molar refractivity (Wildman–Crippen MR) is 81.3 cm³/mol. The first-order valence-electron chi connectivity index (χ1n) is 6.56. The molecule has 0 unspecified atom stereocenters. The fourth-order valence-corrected chi connectivity index (χ4v) is 2.55. The van der Waals surface area contributed by atoms with E-state index in [2.05, 4.69) is 4.98 Å². The molecular weight excluding hydrogens is 269 g/mol. The molecule has 3 nitrogen and oxygen atoms in total. The van der Waals surface area contributed by atoms with Crippen molar-refractivity contribution >= 4 is 10.8 Å². The number of ether oxygens (including phenoxy) is 1. The summed E-state index contributed by atoms with van der Waals surface area (Å²) in [6.07, 6.45) is 0. The second-order valence-electron chi connectivity index (χ2n) is 4.87. The van der Waals surface area contributed by atoms with Crippen molar-refractivity contribution in [2.24, 2.45) is 0 Å². The van der Waals surface area contributed by atoms with Crippen LogP contribution in [0.3, 0.4) is 0 Å². The molecule has 4 heteroatoms. The quantitative estimate of drug-likeness (QED) is 0.780. The predicted octanol–water partition coefficient (Wildman–Crippen LogP) is 3.65. The van der Waals surface area contributed by atoms with Gasteiger partial charge in [0, 0.05) is 11.3 Å². The topological polar surface area (TPSA) is 42.1 Å². The van der Waals surface area contributed by atoms with Crippen LogP contribution in [0.4, 0.5) is 4.39 Å². The summed E-state index contributed by atoms with van der Waals surface area (Å²) in [6, 6.07) is 11.6. The van der Waals surface area contributed by atoms with Gasteiger partial charge in [-0.3, -0.25) is 4.79 Å². The van der Waals surface area contributed by atoms with Gasteiger partial charge in [0.05, 0.1) is 12.5 Å². The molecule has 1 N–H and O–H groups in total. The monoisotopic (exact) mass is 283 g/mol. The number of methoxy groups -OCH3 is 1. The molecule has 0 atom stereocenters. The van der Waals surface area contributed by atoms with Gasteiger partial charge in [-0.15, -0.1) is 0 Å². The van der Waals surface area contributed by atoms with Crippen LogP contribution < -0.4 is 10.3 Å². The highest BCUT2D eigenvalue weighted by Crippen LogP contribution is 2.31. The van der Waals surface area contributed by atoms with Gasteiger partial charge < -0.3 is 9.72 Å². The van der Waals surface area contributed by atoms with Crippen LogP contribution in [0.5, 0.6) is 5.75 Å². The summed E-state index contributed by atoms with van der Waals surface area (Å²) >= 11 is 0. The molecule has 0 saturated carbocycles. The maximum absolute atomic E-state index is 13.1. The number of pyridine rings is 1. The van der Waals surface area contributed by atoms with Crippen LogP contribution in [0.1, 0.15) is 5.69 Å². The van der Waals surface area contributed by atoms with E-state index < -0.39 is 0 Å². The van der Waals surface area contributed by atoms with E-state index in [-0.39, 0.29) is 11.4 Å². The number of halogens is 1. The Morgan fingerprint density at radius 1 is 1.05 bits per heavy atom. The fraction of sp³-hybridized carbons (Fsp3) is 0.118. The van der Waals surface area contributed by atoms with E-state index in [4.69, 9.17) is 4.74 Å². The number of aryl methyl sites for hydroxylation is 1. The number of rotatable bonds is 2. The van der Waals surface area contributed by atoms with Crippen molar-refractivity contribution < 1.29 is 9.13 Å². The number of hydrogen-bond donors (Lipinski definition) is 1. The van der Waals surface area contributed by atoms with E-state index in [1.165, 1.54) is 12.1 Å². The molecule has 0 bridgehead atoms. The Hall–Kier alpha value is -2.62. The molecule has 0 fully saturated rings. The molecule has 0 amide bonds. The smallest absolute Gasteiger partial charge is 0.256 e. The first kappa shape index (κ1) is 13.4. The van der Waals surface area contributed by atoms with Gasteiger partial charge in [0.25, 0.3) is 5.56 Å². The van der Waals surface area contributed by atoms with Crippen LogP contribution in [0.2, 0.25) is 0 Å². The Kier molecular flexibility index (Phi) is 3.22. The van der Waals surface area contributed by atoms with E-state index in [0.29, 0.717) is 11.1 Å². The maximum Gasteiger partial charge on any atom is 0.256 e. The lowest BCUT2D eigenvalue weighted by atomic mass is 9.97. The number of nitrogens with one attached hydrogen (secondary N) is 1. The van der Waals surface area contributed by atoms with Gasteiger partial charge in [-0.25, -0.2) is 4.39 Å². The highest BCUT2D eigenvalue weighted by Gasteiger charge is 2.11. The van der Waals surface area contributed by atoms with Gasteiger partial charge in [0.1, 0.15) is 11.6 Å². The van der Waals surface area contributed by atoms with E-state index >= 15 is 0 Å². The molecule has 106 valence electrons. The van der Waals surface area contributed by atoms with Crippen LogP contribution in [-0.2, 0) is 0 Å². The second-order valence-corrected chi connectivity index (χ2v) is 4.87. The van der Waals surface area contributed by atoms with Gasteiger partial charge in [0.15, 0.2) is 0 Å². The minimum absolute atomic E-state index is 0.160. The Morgan fingerprint density at radius 2 is 1.76 bits per heavy atom. The summed E-state index contributed by atoms with van der Waals surface area (Å²) in [5.41, 5.74) is 2.35. The summed E-state index contributed by atoms with van der Waals surface area (Å²) in [7, 11) is 1.56. The summed E-state index contributed by atoms with van der Waals surface area (Å²) in [4.78, 5) is 15.0. The van der Waals surface area contributed by atoms with Crippen molar-refractivity contribution in [3.63, 3.8) is 0 Å². The lowest BCUT2D eigenvalue weighted by Crippen LogP contribution is -2.09. The molecule has 21 heavy (non-hydrogen) atoms. The molecule has 1 heterocycles. The van der Waals surface area contributed by atoms with Crippen molar-refractivity contribution in [1.29, 1.82) is 0 Å². The molecule has 0 aliphatic heterocycles. The first-order chi connectivity index (χ1) is 10.1. The van der Waals surface area contributed by atoms with Crippen LogP contribution in [0.25, 0.3) is 21.9 Å². The second kappa shape index (κ2) is 5.05. The Labute approximate surface area is 121 Å². The van der Waals surface area contributed by atoms with E-state index in [0.717, 1.165) is 22.2 Å². The SMILES string of the molecule is COc1ccc2c(-c3ccc(F)cc3)c(C)[nH]c(=O)c2c1. The minimum atomic E-state index is -0.285. The van der Waals surface area contributed by atoms with Crippen LogP contribution in [0, 0.1) is 12.7 Å². The average Bonchev–Trinajstić information content (AvgIpc) is 2.49. The number of hydrogen-bond acceptors (Lipinski definition) is 2. The van der Waals surface area contributed by atoms with E-state index in [9.17, 15) is 9.18 Å². The van der Waals surface area contributed by atoms with Crippen molar-refractivity contribution in [3.05, 3.63) is 64.3 Å². The molecule has 0 aliphatic rings. The summed E-state index contributed by atoms with van der Waals surface area (Å²) in [5.74, 6) is 0.341. The summed E-state index contributed by atoms with van der Waals surface area (Å²) < 4.78 is 18.3. The summed E-state index contributed by atoms with van der Waals surface area (Å²) in [6.45, 7) is 1.84. The van der Waals surface area contributed by atoms with Crippen molar-refractivity contribution in [2.75, 3.05) is 7.11 Å². The maximum atomic E-state index is 13.1. The number of benzene rings is 2. The number of H-pyrrole nitrogens is 1. The zero-order chi connectivity index (χ0) is 15.0. The molecule has 0 spiro atoms. The zero-order valence-corrected chi connectivity index (χ0v) is 11.7. The minimum Gasteiger partial charge on any atom is -0.497 e. The van der Waals surface area contributed by atoms with Gasteiger partial charge in [-0.2, -0.15) is 0 Å². The molecule has 0 saturated heterocycles. The highest BCUT2D eigenvalue weighted by molar-refractivity contribution is 5.97. The number of aromatic nitrogens is 1. The molecular formula is C17H14FNO2. The molecule has 3 aromatic rings. The Balaban J connectivity index is 2.36. The average molecular weight is 283 g/mol.